The second kappa shape index (κ2) is 6.68. The van der Waals surface area contributed by atoms with Gasteiger partial charge in [-0.1, -0.05) is 41.9 Å². The van der Waals surface area contributed by atoms with E-state index in [2.05, 4.69) is 41.2 Å². The van der Waals surface area contributed by atoms with Gasteiger partial charge in [-0.2, -0.15) is 0 Å². The second-order valence-corrected chi connectivity index (χ2v) is 6.92. The summed E-state index contributed by atoms with van der Waals surface area (Å²) in [6.07, 6.45) is 5.07. The summed E-state index contributed by atoms with van der Waals surface area (Å²) in [5, 5.41) is 4.53. The summed E-state index contributed by atoms with van der Waals surface area (Å²) in [5.74, 6) is 0. The molecule has 1 aliphatic rings. The molecule has 0 atom stereocenters. The highest BCUT2D eigenvalue weighted by molar-refractivity contribution is 6.35. The molecule has 0 radical (unpaired) electrons. The van der Waals surface area contributed by atoms with Crippen LogP contribution in [0.2, 0.25) is 10.0 Å². The van der Waals surface area contributed by atoms with Gasteiger partial charge in [-0.05, 0) is 54.4 Å². The standard InChI is InChI=1S/C20H17Cl2N3/c1-13(17-4-3-16(21)11-18(17)22)25-12-24-19-5-2-15(10-20(19)25)14-6-8-23-9-7-14/h2-6,10-12,23H,1,7-9H2. The fourth-order valence-electron chi connectivity index (χ4n) is 3.16. The number of aromatic nitrogens is 2. The van der Waals surface area contributed by atoms with Gasteiger partial charge >= 0.3 is 0 Å². The van der Waals surface area contributed by atoms with E-state index in [1.807, 2.05) is 16.7 Å². The number of hydrogen-bond donors (Lipinski definition) is 1. The monoisotopic (exact) mass is 369 g/mol. The Kier molecular flexibility index (Phi) is 4.38. The van der Waals surface area contributed by atoms with E-state index in [0.717, 1.165) is 41.8 Å². The maximum Gasteiger partial charge on any atom is 0.100 e. The molecular weight excluding hydrogens is 353 g/mol. The lowest BCUT2D eigenvalue weighted by atomic mass is 10.00. The van der Waals surface area contributed by atoms with Crippen LogP contribution >= 0.6 is 23.2 Å². The van der Waals surface area contributed by atoms with Gasteiger partial charge in [0, 0.05) is 22.8 Å². The molecule has 1 N–H and O–H groups in total. The summed E-state index contributed by atoms with van der Waals surface area (Å²) in [7, 11) is 0. The van der Waals surface area contributed by atoms with Crippen LogP contribution in [-0.4, -0.2) is 22.6 Å². The minimum absolute atomic E-state index is 0.580. The lowest BCUT2D eigenvalue weighted by molar-refractivity contribution is 0.738. The normalized spacial score (nSPS) is 14.6. The molecule has 0 unspecified atom stereocenters. The van der Waals surface area contributed by atoms with Gasteiger partial charge < -0.3 is 5.32 Å². The van der Waals surface area contributed by atoms with Crippen molar-refractivity contribution in [1.82, 2.24) is 14.9 Å². The van der Waals surface area contributed by atoms with E-state index in [0.29, 0.717) is 10.0 Å². The molecule has 2 aromatic carbocycles. The van der Waals surface area contributed by atoms with Crippen LogP contribution in [0.15, 0.2) is 55.4 Å². The zero-order chi connectivity index (χ0) is 17.4. The van der Waals surface area contributed by atoms with E-state index in [4.69, 9.17) is 23.2 Å². The first kappa shape index (κ1) is 16.4. The quantitative estimate of drug-likeness (QED) is 0.683. The molecule has 0 fully saturated rings. The summed E-state index contributed by atoms with van der Waals surface area (Å²) in [6, 6.07) is 11.8. The predicted octanol–water partition coefficient (Wildman–Crippen LogP) is 5.24. The van der Waals surface area contributed by atoms with E-state index in [9.17, 15) is 0 Å². The fraction of sp³-hybridized carbons (Fsp3) is 0.150. The number of fused-ring (bicyclic) bond motifs is 1. The highest BCUT2D eigenvalue weighted by Gasteiger charge is 2.13. The van der Waals surface area contributed by atoms with E-state index >= 15 is 0 Å². The SMILES string of the molecule is C=C(c1ccc(Cl)cc1Cl)n1cnc2ccc(C3=CCNCC3)cc21. The molecule has 3 aromatic rings. The van der Waals surface area contributed by atoms with Gasteiger partial charge in [0.1, 0.15) is 6.33 Å². The third-order valence-corrected chi connectivity index (χ3v) is 5.06. The van der Waals surface area contributed by atoms with Crippen molar-refractivity contribution in [2.45, 2.75) is 6.42 Å². The zero-order valence-corrected chi connectivity index (χ0v) is 15.1. The van der Waals surface area contributed by atoms with Gasteiger partial charge in [0.05, 0.1) is 16.1 Å². The van der Waals surface area contributed by atoms with Crippen molar-refractivity contribution in [1.29, 1.82) is 0 Å². The Bertz CT molecular complexity index is 1000. The van der Waals surface area contributed by atoms with Gasteiger partial charge in [0.25, 0.3) is 0 Å². The van der Waals surface area contributed by atoms with Crippen molar-refractivity contribution in [3.05, 3.63) is 76.6 Å². The van der Waals surface area contributed by atoms with Crippen molar-refractivity contribution in [2.75, 3.05) is 13.1 Å². The van der Waals surface area contributed by atoms with Crippen molar-refractivity contribution in [2.24, 2.45) is 0 Å². The molecule has 0 saturated carbocycles. The number of halogens is 2. The molecule has 0 bridgehead atoms. The Balaban J connectivity index is 1.79. The van der Waals surface area contributed by atoms with E-state index < -0.39 is 0 Å². The van der Waals surface area contributed by atoms with E-state index in [1.54, 1.807) is 12.4 Å². The van der Waals surface area contributed by atoms with Crippen molar-refractivity contribution >= 4 is 45.5 Å². The largest absolute Gasteiger partial charge is 0.313 e. The molecule has 1 aromatic heterocycles. The molecule has 5 heteroatoms. The van der Waals surface area contributed by atoms with Gasteiger partial charge in [-0.25, -0.2) is 4.98 Å². The summed E-state index contributed by atoms with van der Waals surface area (Å²) >= 11 is 12.4. The van der Waals surface area contributed by atoms with Crippen molar-refractivity contribution in [3.63, 3.8) is 0 Å². The van der Waals surface area contributed by atoms with Gasteiger partial charge in [0.2, 0.25) is 0 Å². The van der Waals surface area contributed by atoms with Gasteiger partial charge in [-0.3, -0.25) is 4.57 Å². The van der Waals surface area contributed by atoms with Gasteiger partial charge in [-0.15, -0.1) is 0 Å². The number of benzene rings is 2. The minimum atomic E-state index is 0.580. The van der Waals surface area contributed by atoms with E-state index in [1.165, 1.54) is 11.1 Å². The van der Waals surface area contributed by atoms with Crippen LogP contribution in [0.3, 0.4) is 0 Å². The number of rotatable bonds is 3. The number of imidazole rings is 1. The molecule has 0 amide bonds. The molecule has 25 heavy (non-hydrogen) atoms. The third-order valence-electron chi connectivity index (χ3n) is 4.51. The van der Waals surface area contributed by atoms with E-state index in [-0.39, 0.29) is 0 Å². The maximum absolute atomic E-state index is 6.35. The first-order valence-corrected chi connectivity index (χ1v) is 8.91. The highest BCUT2D eigenvalue weighted by Crippen LogP contribution is 2.30. The zero-order valence-electron chi connectivity index (χ0n) is 13.6. The first-order chi connectivity index (χ1) is 12.1. The van der Waals surface area contributed by atoms with Gasteiger partial charge in [0.15, 0.2) is 0 Å². The molecule has 2 heterocycles. The average molecular weight is 370 g/mol. The second-order valence-electron chi connectivity index (χ2n) is 6.07. The maximum atomic E-state index is 6.35. The smallest absolute Gasteiger partial charge is 0.100 e. The lowest BCUT2D eigenvalue weighted by Crippen LogP contribution is -2.20. The Labute approximate surface area is 156 Å². The van der Waals surface area contributed by atoms with Crippen LogP contribution in [0.4, 0.5) is 0 Å². The molecule has 0 spiro atoms. The van der Waals surface area contributed by atoms with Crippen LogP contribution in [0.25, 0.3) is 22.3 Å². The summed E-state index contributed by atoms with van der Waals surface area (Å²) in [5.41, 5.74) is 6.17. The molecule has 3 nitrogen and oxygen atoms in total. The predicted molar refractivity (Wildman–Crippen MR) is 106 cm³/mol. The average Bonchev–Trinajstić information content (AvgIpc) is 3.05. The number of nitrogens with zero attached hydrogens (tertiary/aromatic N) is 2. The summed E-state index contributed by atoms with van der Waals surface area (Å²) in [6.45, 7) is 6.15. The summed E-state index contributed by atoms with van der Waals surface area (Å²) in [4.78, 5) is 4.50. The topological polar surface area (TPSA) is 29.9 Å². The molecule has 4 rings (SSSR count). The minimum Gasteiger partial charge on any atom is -0.313 e. The highest BCUT2D eigenvalue weighted by atomic mass is 35.5. The van der Waals surface area contributed by atoms with Crippen molar-refractivity contribution in [3.8, 4) is 0 Å². The molecule has 126 valence electrons. The molecule has 1 aliphatic heterocycles. The Hall–Kier alpha value is -2.07. The van der Waals surface area contributed by atoms with Crippen LogP contribution in [0.1, 0.15) is 17.5 Å². The van der Waals surface area contributed by atoms with Crippen LogP contribution in [0, 0.1) is 0 Å². The Morgan fingerprint density at radius 1 is 1.16 bits per heavy atom. The fourth-order valence-corrected chi connectivity index (χ4v) is 3.68. The number of nitrogens with one attached hydrogen (secondary N) is 1. The third kappa shape index (κ3) is 3.11. The molecule has 0 aliphatic carbocycles. The first-order valence-electron chi connectivity index (χ1n) is 8.15. The Morgan fingerprint density at radius 3 is 2.80 bits per heavy atom. The molecular formula is C20H17Cl2N3. The lowest BCUT2D eigenvalue weighted by Gasteiger charge is -2.15. The van der Waals surface area contributed by atoms with Crippen molar-refractivity contribution < 1.29 is 0 Å². The number of hydrogen-bond acceptors (Lipinski definition) is 2. The molecule has 0 saturated heterocycles. The van der Waals surface area contributed by atoms with Crippen LogP contribution in [-0.2, 0) is 0 Å². The van der Waals surface area contributed by atoms with Crippen LogP contribution < -0.4 is 5.32 Å². The van der Waals surface area contributed by atoms with Crippen LogP contribution in [0.5, 0.6) is 0 Å². The summed E-state index contributed by atoms with van der Waals surface area (Å²) < 4.78 is 1.98. The Morgan fingerprint density at radius 2 is 2.04 bits per heavy atom.